The Balaban J connectivity index is 1.39. The SMILES string of the molecule is O=C(c1cc(N2CCNC2=O)ccc1F)N1CC=C(c2cccc3ccccc23)CC1. The van der Waals surface area contributed by atoms with Crippen molar-refractivity contribution < 1.29 is 14.0 Å². The molecule has 6 heteroatoms. The standard InChI is InChI=1S/C25H22FN3O2/c26-23-9-8-19(29-15-12-27-25(29)31)16-22(23)24(30)28-13-10-18(11-14-28)21-7-3-5-17-4-1-2-6-20(17)21/h1-10,16H,11-15H2,(H,27,31). The molecule has 2 heterocycles. The summed E-state index contributed by atoms with van der Waals surface area (Å²) < 4.78 is 14.5. The molecule has 0 radical (unpaired) electrons. The number of benzene rings is 3. The minimum absolute atomic E-state index is 0.000731. The third kappa shape index (κ3) is 3.54. The van der Waals surface area contributed by atoms with Crippen molar-refractivity contribution in [2.75, 3.05) is 31.1 Å². The highest BCUT2D eigenvalue weighted by atomic mass is 19.1. The van der Waals surface area contributed by atoms with E-state index in [0.717, 1.165) is 0 Å². The number of hydrogen-bond acceptors (Lipinski definition) is 2. The van der Waals surface area contributed by atoms with Crippen molar-refractivity contribution in [3.63, 3.8) is 0 Å². The number of halogens is 1. The first-order valence-corrected chi connectivity index (χ1v) is 10.4. The number of hydrogen-bond donors (Lipinski definition) is 1. The van der Waals surface area contributed by atoms with Crippen LogP contribution in [0.3, 0.4) is 0 Å². The maximum absolute atomic E-state index is 14.5. The van der Waals surface area contributed by atoms with Gasteiger partial charge in [-0.25, -0.2) is 9.18 Å². The second-order valence-electron chi connectivity index (χ2n) is 7.80. The first kappa shape index (κ1) is 19.3. The van der Waals surface area contributed by atoms with Crippen molar-refractivity contribution in [2.45, 2.75) is 6.42 Å². The molecule has 0 bridgehead atoms. The second kappa shape index (κ2) is 7.87. The molecule has 0 aliphatic carbocycles. The summed E-state index contributed by atoms with van der Waals surface area (Å²) in [6.45, 7) is 1.97. The zero-order valence-corrected chi connectivity index (χ0v) is 17.0. The molecule has 0 spiro atoms. The van der Waals surface area contributed by atoms with Gasteiger partial charge in [-0.1, -0.05) is 48.5 Å². The van der Waals surface area contributed by atoms with E-state index in [9.17, 15) is 14.0 Å². The molecule has 3 amide bonds. The maximum Gasteiger partial charge on any atom is 0.321 e. The lowest BCUT2D eigenvalue weighted by Gasteiger charge is -2.27. The van der Waals surface area contributed by atoms with E-state index >= 15 is 0 Å². The topological polar surface area (TPSA) is 52.7 Å². The summed E-state index contributed by atoms with van der Waals surface area (Å²) in [5.41, 5.74) is 2.91. The third-order valence-electron chi connectivity index (χ3n) is 5.98. The fourth-order valence-electron chi connectivity index (χ4n) is 4.34. The van der Waals surface area contributed by atoms with E-state index in [1.807, 2.05) is 18.2 Å². The molecule has 0 unspecified atom stereocenters. The van der Waals surface area contributed by atoms with Crippen molar-refractivity contribution >= 4 is 34.0 Å². The van der Waals surface area contributed by atoms with Crippen LogP contribution >= 0.6 is 0 Å². The maximum atomic E-state index is 14.5. The molecule has 0 saturated carbocycles. The highest BCUT2D eigenvalue weighted by Gasteiger charge is 2.26. The molecule has 3 aromatic carbocycles. The molecule has 0 atom stereocenters. The van der Waals surface area contributed by atoms with Gasteiger partial charge in [0, 0.05) is 31.9 Å². The first-order valence-electron chi connectivity index (χ1n) is 10.4. The van der Waals surface area contributed by atoms with Gasteiger partial charge in [-0.3, -0.25) is 9.69 Å². The average molecular weight is 415 g/mol. The van der Waals surface area contributed by atoms with Gasteiger partial charge in [-0.05, 0) is 46.5 Å². The fraction of sp³-hybridized carbons (Fsp3) is 0.200. The Kier molecular flexibility index (Phi) is 4.90. The summed E-state index contributed by atoms with van der Waals surface area (Å²) in [5.74, 6) is -0.927. The molecule has 0 aromatic heterocycles. The molecular formula is C25H22FN3O2. The average Bonchev–Trinajstić information content (AvgIpc) is 3.24. The lowest BCUT2D eigenvalue weighted by molar-refractivity contribution is 0.0768. The van der Waals surface area contributed by atoms with Crippen molar-refractivity contribution in [1.29, 1.82) is 0 Å². The predicted molar refractivity (Wildman–Crippen MR) is 120 cm³/mol. The fourth-order valence-corrected chi connectivity index (χ4v) is 4.34. The van der Waals surface area contributed by atoms with E-state index in [-0.39, 0.29) is 17.5 Å². The largest absolute Gasteiger partial charge is 0.336 e. The predicted octanol–water partition coefficient (Wildman–Crippen LogP) is 4.44. The number of carbonyl (C=O) groups excluding carboxylic acids is 2. The van der Waals surface area contributed by atoms with Gasteiger partial charge in [-0.2, -0.15) is 0 Å². The summed E-state index contributed by atoms with van der Waals surface area (Å²) in [6.07, 6.45) is 2.76. The van der Waals surface area contributed by atoms with Gasteiger partial charge in [0.1, 0.15) is 5.82 Å². The molecule has 2 aliphatic heterocycles. The van der Waals surface area contributed by atoms with Gasteiger partial charge in [0.25, 0.3) is 5.91 Å². The smallest absolute Gasteiger partial charge is 0.321 e. The molecule has 3 aromatic rings. The van der Waals surface area contributed by atoms with Crippen LogP contribution in [0.2, 0.25) is 0 Å². The van der Waals surface area contributed by atoms with Gasteiger partial charge in [-0.15, -0.1) is 0 Å². The normalized spacial score (nSPS) is 16.4. The molecule has 5 nitrogen and oxygen atoms in total. The molecule has 156 valence electrons. The minimum atomic E-state index is -0.572. The van der Waals surface area contributed by atoms with Gasteiger partial charge >= 0.3 is 6.03 Å². The Bertz CT molecular complexity index is 1220. The number of anilines is 1. The number of carbonyl (C=O) groups is 2. The van der Waals surface area contributed by atoms with E-state index in [1.54, 1.807) is 4.90 Å². The number of nitrogens with one attached hydrogen (secondary N) is 1. The molecular weight excluding hydrogens is 393 g/mol. The van der Waals surface area contributed by atoms with Crippen LogP contribution in [0.5, 0.6) is 0 Å². The number of fused-ring (bicyclic) bond motifs is 1. The summed E-state index contributed by atoms with van der Waals surface area (Å²) in [5, 5.41) is 5.10. The molecule has 5 rings (SSSR count). The Hall–Kier alpha value is -3.67. The second-order valence-corrected chi connectivity index (χ2v) is 7.80. The Morgan fingerprint density at radius 2 is 1.84 bits per heavy atom. The lowest BCUT2D eigenvalue weighted by Crippen LogP contribution is -2.35. The zero-order chi connectivity index (χ0) is 21.4. The third-order valence-corrected chi connectivity index (χ3v) is 5.98. The summed E-state index contributed by atoms with van der Waals surface area (Å²) >= 11 is 0. The van der Waals surface area contributed by atoms with E-state index in [4.69, 9.17) is 0 Å². The molecule has 1 saturated heterocycles. The number of urea groups is 1. The minimum Gasteiger partial charge on any atom is -0.336 e. The Morgan fingerprint density at radius 3 is 2.61 bits per heavy atom. The number of amides is 3. The highest BCUT2D eigenvalue weighted by molar-refractivity contribution is 5.99. The monoisotopic (exact) mass is 415 g/mol. The van der Waals surface area contributed by atoms with Crippen LogP contribution in [0.4, 0.5) is 14.9 Å². The molecule has 31 heavy (non-hydrogen) atoms. The van der Waals surface area contributed by atoms with E-state index < -0.39 is 5.82 Å². The number of nitrogens with zero attached hydrogens (tertiary/aromatic N) is 2. The van der Waals surface area contributed by atoms with Crippen LogP contribution in [-0.2, 0) is 0 Å². The van der Waals surface area contributed by atoms with E-state index in [2.05, 4.69) is 35.7 Å². The van der Waals surface area contributed by atoms with Gasteiger partial charge in [0.15, 0.2) is 0 Å². The van der Waals surface area contributed by atoms with Crippen LogP contribution < -0.4 is 10.2 Å². The van der Waals surface area contributed by atoms with Gasteiger partial charge in [0.2, 0.25) is 0 Å². The van der Waals surface area contributed by atoms with Crippen LogP contribution in [0.15, 0.2) is 66.7 Å². The van der Waals surface area contributed by atoms with E-state index in [0.29, 0.717) is 38.3 Å². The van der Waals surface area contributed by atoms with Crippen molar-refractivity contribution in [1.82, 2.24) is 10.2 Å². The molecule has 2 aliphatic rings. The van der Waals surface area contributed by atoms with Crippen molar-refractivity contribution in [2.24, 2.45) is 0 Å². The van der Waals surface area contributed by atoms with Crippen molar-refractivity contribution in [3.05, 3.63) is 83.7 Å². The summed E-state index contributed by atoms with van der Waals surface area (Å²) in [7, 11) is 0. The van der Waals surface area contributed by atoms with Crippen LogP contribution in [0, 0.1) is 5.82 Å². The first-order chi connectivity index (χ1) is 15.1. The summed E-state index contributed by atoms with van der Waals surface area (Å²) in [6, 6.07) is 18.5. The van der Waals surface area contributed by atoms with Crippen LogP contribution in [0.1, 0.15) is 22.3 Å². The van der Waals surface area contributed by atoms with E-state index in [1.165, 1.54) is 45.0 Å². The lowest BCUT2D eigenvalue weighted by atomic mass is 9.94. The summed E-state index contributed by atoms with van der Waals surface area (Å²) in [4.78, 5) is 28.2. The van der Waals surface area contributed by atoms with Gasteiger partial charge in [0.05, 0.1) is 5.56 Å². The quantitative estimate of drug-likeness (QED) is 0.688. The molecule has 1 fully saturated rings. The zero-order valence-electron chi connectivity index (χ0n) is 17.0. The van der Waals surface area contributed by atoms with Crippen LogP contribution in [-0.4, -0.2) is 43.0 Å². The number of rotatable bonds is 3. The highest BCUT2D eigenvalue weighted by Crippen LogP contribution is 2.30. The van der Waals surface area contributed by atoms with Crippen molar-refractivity contribution in [3.8, 4) is 0 Å². The van der Waals surface area contributed by atoms with Gasteiger partial charge < -0.3 is 10.2 Å². The Labute approximate surface area is 179 Å². The van der Waals surface area contributed by atoms with Crippen LogP contribution in [0.25, 0.3) is 16.3 Å². The molecule has 1 N–H and O–H groups in total. The Morgan fingerprint density at radius 1 is 1.00 bits per heavy atom.